The number of fused-ring (bicyclic) bond motifs is 2. The lowest BCUT2D eigenvalue weighted by molar-refractivity contribution is 0.296. The van der Waals surface area contributed by atoms with Crippen molar-refractivity contribution in [1.82, 2.24) is 15.0 Å². The number of rotatable bonds is 2. The fraction of sp³-hybridized carbons (Fsp3) is 0.368. The molecule has 0 N–H and O–H groups in total. The SMILES string of the molecule is CCC1C(C)C(n2nnc3ccccc32)c2ccccc2N1C. The second-order valence-corrected chi connectivity index (χ2v) is 6.47. The van der Waals surface area contributed by atoms with E-state index in [2.05, 4.69) is 77.2 Å². The first-order valence-corrected chi connectivity index (χ1v) is 8.34. The number of anilines is 1. The molecule has 0 fully saturated rings. The molecule has 0 aliphatic carbocycles. The monoisotopic (exact) mass is 306 g/mol. The minimum atomic E-state index is 0.222. The van der Waals surface area contributed by atoms with Crippen molar-refractivity contribution in [3.05, 3.63) is 54.1 Å². The Morgan fingerprint density at radius 2 is 1.78 bits per heavy atom. The first-order chi connectivity index (χ1) is 11.2. The molecule has 1 aliphatic heterocycles. The third kappa shape index (κ3) is 2.05. The van der Waals surface area contributed by atoms with Crippen molar-refractivity contribution in [2.45, 2.75) is 32.4 Å². The molecular weight excluding hydrogens is 284 g/mol. The maximum Gasteiger partial charge on any atom is 0.113 e. The van der Waals surface area contributed by atoms with E-state index in [1.807, 2.05) is 12.1 Å². The largest absolute Gasteiger partial charge is 0.371 e. The first-order valence-electron chi connectivity index (χ1n) is 8.34. The Bertz CT molecular complexity index is 838. The van der Waals surface area contributed by atoms with Gasteiger partial charge in [-0.15, -0.1) is 5.10 Å². The highest BCUT2D eigenvalue weighted by atomic mass is 15.4. The first kappa shape index (κ1) is 14.2. The highest BCUT2D eigenvalue weighted by molar-refractivity contribution is 5.74. The van der Waals surface area contributed by atoms with E-state index in [0.717, 1.165) is 17.5 Å². The van der Waals surface area contributed by atoms with E-state index in [0.29, 0.717) is 12.0 Å². The molecule has 2 heterocycles. The molecule has 0 saturated carbocycles. The van der Waals surface area contributed by atoms with Crippen molar-refractivity contribution in [3.63, 3.8) is 0 Å². The van der Waals surface area contributed by atoms with Gasteiger partial charge < -0.3 is 4.90 Å². The van der Waals surface area contributed by atoms with Gasteiger partial charge in [0.15, 0.2) is 0 Å². The summed E-state index contributed by atoms with van der Waals surface area (Å²) in [5, 5.41) is 8.88. The molecule has 0 bridgehead atoms. The van der Waals surface area contributed by atoms with Crippen LogP contribution in [0.25, 0.3) is 11.0 Å². The van der Waals surface area contributed by atoms with E-state index >= 15 is 0 Å². The summed E-state index contributed by atoms with van der Waals surface area (Å²) in [6.07, 6.45) is 1.12. The van der Waals surface area contributed by atoms with Gasteiger partial charge in [0, 0.05) is 30.3 Å². The van der Waals surface area contributed by atoms with Crippen LogP contribution in [-0.4, -0.2) is 28.1 Å². The van der Waals surface area contributed by atoms with E-state index in [9.17, 15) is 0 Å². The predicted octanol–water partition coefficient (Wildman–Crippen LogP) is 3.89. The quantitative estimate of drug-likeness (QED) is 0.720. The maximum atomic E-state index is 4.51. The molecule has 0 saturated heterocycles. The van der Waals surface area contributed by atoms with Crippen molar-refractivity contribution in [2.24, 2.45) is 5.92 Å². The van der Waals surface area contributed by atoms with Crippen molar-refractivity contribution in [1.29, 1.82) is 0 Å². The molecule has 1 aliphatic rings. The van der Waals surface area contributed by atoms with Gasteiger partial charge in [-0.2, -0.15) is 0 Å². The van der Waals surface area contributed by atoms with E-state index in [1.54, 1.807) is 0 Å². The van der Waals surface area contributed by atoms with Crippen LogP contribution in [0.5, 0.6) is 0 Å². The van der Waals surface area contributed by atoms with Crippen molar-refractivity contribution >= 4 is 16.7 Å². The van der Waals surface area contributed by atoms with E-state index < -0.39 is 0 Å². The number of hydrogen-bond acceptors (Lipinski definition) is 3. The van der Waals surface area contributed by atoms with Crippen LogP contribution < -0.4 is 4.90 Å². The minimum Gasteiger partial charge on any atom is -0.371 e. The van der Waals surface area contributed by atoms with Crippen LogP contribution in [0.1, 0.15) is 31.9 Å². The second kappa shape index (κ2) is 5.37. The molecule has 4 heteroatoms. The van der Waals surface area contributed by atoms with Gasteiger partial charge in [-0.1, -0.05) is 49.4 Å². The average molecular weight is 306 g/mol. The van der Waals surface area contributed by atoms with Gasteiger partial charge in [-0.3, -0.25) is 0 Å². The van der Waals surface area contributed by atoms with Gasteiger partial charge in [0.25, 0.3) is 0 Å². The summed E-state index contributed by atoms with van der Waals surface area (Å²) in [6, 6.07) is 17.6. The zero-order valence-corrected chi connectivity index (χ0v) is 13.8. The molecule has 4 nitrogen and oxygen atoms in total. The summed E-state index contributed by atoms with van der Waals surface area (Å²) in [5.74, 6) is 0.463. The zero-order valence-electron chi connectivity index (χ0n) is 13.8. The molecule has 23 heavy (non-hydrogen) atoms. The number of aromatic nitrogens is 3. The fourth-order valence-electron chi connectivity index (χ4n) is 4.18. The number of para-hydroxylation sites is 2. The number of benzene rings is 2. The van der Waals surface area contributed by atoms with E-state index in [4.69, 9.17) is 0 Å². The van der Waals surface area contributed by atoms with Gasteiger partial charge in [0.05, 0.1) is 11.6 Å². The standard InChI is InChI=1S/C19H22N4/c1-4-16-13(2)19(14-9-5-7-11-17(14)22(16)3)23-18-12-8-6-10-15(18)20-21-23/h5-13,16,19H,4H2,1-3H3. The Morgan fingerprint density at radius 1 is 1.04 bits per heavy atom. The van der Waals surface area contributed by atoms with Gasteiger partial charge in [0.1, 0.15) is 5.52 Å². The van der Waals surface area contributed by atoms with E-state index in [-0.39, 0.29) is 6.04 Å². The van der Waals surface area contributed by atoms with Crippen LogP contribution >= 0.6 is 0 Å². The average Bonchev–Trinajstić information content (AvgIpc) is 3.00. The van der Waals surface area contributed by atoms with Gasteiger partial charge in [-0.05, 0) is 24.6 Å². The van der Waals surface area contributed by atoms with Crippen LogP contribution in [-0.2, 0) is 0 Å². The molecule has 0 spiro atoms. The molecule has 3 unspecified atom stereocenters. The lowest BCUT2D eigenvalue weighted by Crippen LogP contribution is -2.45. The normalized spacial score (nSPS) is 24.0. The Balaban J connectivity index is 1.94. The van der Waals surface area contributed by atoms with Crippen LogP contribution in [0.2, 0.25) is 0 Å². The smallest absolute Gasteiger partial charge is 0.113 e. The van der Waals surface area contributed by atoms with Gasteiger partial charge in [-0.25, -0.2) is 4.68 Å². The molecular formula is C19H22N4. The second-order valence-electron chi connectivity index (χ2n) is 6.47. The summed E-state index contributed by atoms with van der Waals surface area (Å²) in [6.45, 7) is 4.60. The molecule has 2 aromatic carbocycles. The Morgan fingerprint density at radius 3 is 2.61 bits per heavy atom. The van der Waals surface area contributed by atoms with Crippen LogP contribution in [0, 0.1) is 5.92 Å². The molecule has 0 radical (unpaired) electrons. The number of hydrogen-bond donors (Lipinski definition) is 0. The Labute approximate surface area is 136 Å². The summed E-state index contributed by atoms with van der Waals surface area (Å²) in [5.41, 5.74) is 4.72. The highest BCUT2D eigenvalue weighted by Crippen LogP contribution is 2.43. The fourth-order valence-corrected chi connectivity index (χ4v) is 4.18. The third-order valence-electron chi connectivity index (χ3n) is 5.30. The topological polar surface area (TPSA) is 34.0 Å². The summed E-state index contributed by atoms with van der Waals surface area (Å²) >= 11 is 0. The van der Waals surface area contributed by atoms with Crippen LogP contribution in [0.3, 0.4) is 0 Å². The lowest BCUT2D eigenvalue weighted by atomic mass is 9.81. The maximum absolute atomic E-state index is 4.51. The predicted molar refractivity (Wildman–Crippen MR) is 93.8 cm³/mol. The molecule has 3 atom stereocenters. The number of nitrogens with zero attached hydrogens (tertiary/aromatic N) is 4. The highest BCUT2D eigenvalue weighted by Gasteiger charge is 2.38. The van der Waals surface area contributed by atoms with Crippen LogP contribution in [0.15, 0.2) is 48.5 Å². The summed E-state index contributed by atoms with van der Waals surface area (Å²) < 4.78 is 2.12. The van der Waals surface area contributed by atoms with Crippen molar-refractivity contribution < 1.29 is 0 Å². The van der Waals surface area contributed by atoms with Gasteiger partial charge >= 0.3 is 0 Å². The van der Waals surface area contributed by atoms with Gasteiger partial charge in [0.2, 0.25) is 0 Å². The summed E-state index contributed by atoms with van der Waals surface area (Å²) in [7, 11) is 2.21. The molecule has 0 amide bonds. The minimum absolute atomic E-state index is 0.222. The summed E-state index contributed by atoms with van der Waals surface area (Å²) in [4.78, 5) is 2.43. The van der Waals surface area contributed by atoms with Crippen molar-refractivity contribution in [3.8, 4) is 0 Å². The molecule has 118 valence electrons. The van der Waals surface area contributed by atoms with Crippen molar-refractivity contribution in [2.75, 3.05) is 11.9 Å². The third-order valence-corrected chi connectivity index (χ3v) is 5.30. The Hall–Kier alpha value is -2.36. The molecule has 1 aromatic heterocycles. The molecule has 3 aromatic rings. The Kier molecular flexibility index (Phi) is 3.33. The lowest BCUT2D eigenvalue weighted by Gasteiger charge is -2.44. The molecule has 4 rings (SSSR count). The zero-order chi connectivity index (χ0) is 16.0. The van der Waals surface area contributed by atoms with E-state index in [1.165, 1.54) is 11.3 Å². The van der Waals surface area contributed by atoms with Crippen LogP contribution in [0.4, 0.5) is 5.69 Å².